The molecule has 1 unspecified atom stereocenters. The van der Waals surface area contributed by atoms with Crippen LogP contribution in [0.5, 0.6) is 0 Å². The van der Waals surface area contributed by atoms with E-state index in [2.05, 4.69) is 21.3 Å². The van der Waals surface area contributed by atoms with E-state index >= 15 is 0 Å². The number of rotatable bonds is 5. The summed E-state index contributed by atoms with van der Waals surface area (Å²) in [5, 5.41) is 24.5. The predicted octanol–water partition coefficient (Wildman–Crippen LogP) is 1.17. The number of nitrogens with zero attached hydrogens (tertiary/aromatic N) is 3. The van der Waals surface area contributed by atoms with Crippen molar-refractivity contribution in [2.75, 3.05) is 24.5 Å². The largest absolute Gasteiger partial charge is 0.392 e. The molecule has 7 nitrogen and oxygen atoms in total. The number of anilines is 1. The first kappa shape index (κ1) is 19.4. The number of aliphatic hydroxyl groups is 2. The number of aromatic nitrogens is 2. The third-order valence-electron chi connectivity index (χ3n) is 6.06. The third kappa shape index (κ3) is 3.92. The van der Waals surface area contributed by atoms with Crippen LogP contribution in [0.1, 0.15) is 37.7 Å². The molecule has 1 aromatic carbocycles. The summed E-state index contributed by atoms with van der Waals surface area (Å²) < 4.78 is 1.50. The first-order chi connectivity index (χ1) is 13.5. The molecule has 3 heterocycles. The molecule has 2 fully saturated rings. The van der Waals surface area contributed by atoms with Crippen molar-refractivity contribution in [2.24, 2.45) is 0 Å². The van der Waals surface area contributed by atoms with Gasteiger partial charge in [-0.15, -0.1) is 0 Å². The van der Waals surface area contributed by atoms with Crippen LogP contribution in [0, 0.1) is 6.92 Å². The van der Waals surface area contributed by atoms with Crippen LogP contribution in [-0.4, -0.2) is 57.6 Å². The van der Waals surface area contributed by atoms with E-state index in [9.17, 15) is 15.0 Å². The number of benzene rings is 1. The molecule has 0 aliphatic carbocycles. The fourth-order valence-electron chi connectivity index (χ4n) is 4.49. The lowest BCUT2D eigenvalue weighted by molar-refractivity contribution is 0.0539. The Labute approximate surface area is 165 Å². The van der Waals surface area contributed by atoms with Gasteiger partial charge < -0.3 is 20.4 Å². The standard InChI is InChI=1S/C21H30N4O3/c1-14-9-15(24-7-2-3-8-24)10-17-20(14)23-13-25(21(17)28)12-16(26)11-18-19(27)5-4-6-22-18/h9-10,13,16,18-19,22,26-27H,2-8,11-12H2,1H3/t16?,18-,19+/m1/s1. The van der Waals surface area contributed by atoms with Crippen molar-refractivity contribution in [2.45, 2.75) is 63.8 Å². The van der Waals surface area contributed by atoms with Crippen molar-refractivity contribution in [3.05, 3.63) is 34.4 Å². The van der Waals surface area contributed by atoms with Gasteiger partial charge in [-0.1, -0.05) is 0 Å². The SMILES string of the molecule is Cc1cc(N2CCCC2)cc2c(=O)n(CC(O)C[C@H]3NCCC[C@@H]3O)cnc12. The lowest BCUT2D eigenvalue weighted by Crippen LogP contribution is -2.47. The molecular formula is C21H30N4O3. The number of hydrogen-bond donors (Lipinski definition) is 3. The van der Waals surface area contributed by atoms with E-state index in [-0.39, 0.29) is 18.1 Å². The minimum absolute atomic E-state index is 0.120. The second-order valence-electron chi connectivity index (χ2n) is 8.21. The van der Waals surface area contributed by atoms with E-state index in [0.29, 0.717) is 11.8 Å². The highest BCUT2D eigenvalue weighted by molar-refractivity contribution is 5.84. The van der Waals surface area contributed by atoms with Crippen LogP contribution >= 0.6 is 0 Å². The molecule has 3 N–H and O–H groups in total. The van der Waals surface area contributed by atoms with Gasteiger partial charge in [0.1, 0.15) is 0 Å². The highest BCUT2D eigenvalue weighted by Crippen LogP contribution is 2.25. The van der Waals surface area contributed by atoms with Crippen molar-refractivity contribution in [1.82, 2.24) is 14.9 Å². The summed E-state index contributed by atoms with van der Waals surface area (Å²) in [5.74, 6) is 0. The van der Waals surface area contributed by atoms with Gasteiger partial charge >= 0.3 is 0 Å². The number of hydrogen-bond acceptors (Lipinski definition) is 6. The van der Waals surface area contributed by atoms with E-state index in [1.54, 1.807) is 0 Å². The predicted molar refractivity (Wildman–Crippen MR) is 110 cm³/mol. The highest BCUT2D eigenvalue weighted by atomic mass is 16.3. The maximum absolute atomic E-state index is 13.1. The Bertz CT molecular complexity index is 891. The van der Waals surface area contributed by atoms with Crippen LogP contribution in [0.15, 0.2) is 23.3 Å². The molecule has 2 aromatic rings. The molecule has 1 aromatic heterocycles. The molecule has 0 radical (unpaired) electrons. The van der Waals surface area contributed by atoms with Crippen LogP contribution in [0.2, 0.25) is 0 Å². The summed E-state index contributed by atoms with van der Waals surface area (Å²) in [6.07, 6.45) is 4.84. The van der Waals surface area contributed by atoms with Crippen molar-refractivity contribution in [1.29, 1.82) is 0 Å². The van der Waals surface area contributed by atoms with E-state index < -0.39 is 12.2 Å². The van der Waals surface area contributed by atoms with Crippen LogP contribution < -0.4 is 15.8 Å². The van der Waals surface area contributed by atoms with Crippen LogP contribution in [0.3, 0.4) is 0 Å². The summed E-state index contributed by atoms with van der Waals surface area (Å²) in [7, 11) is 0. The monoisotopic (exact) mass is 386 g/mol. The second kappa shape index (κ2) is 8.19. The molecule has 0 bridgehead atoms. The number of piperidine rings is 1. The molecule has 2 saturated heterocycles. The fraction of sp³-hybridized carbons (Fsp3) is 0.619. The molecular weight excluding hydrogens is 356 g/mol. The lowest BCUT2D eigenvalue weighted by atomic mass is 9.96. The summed E-state index contributed by atoms with van der Waals surface area (Å²) in [5.41, 5.74) is 2.68. The van der Waals surface area contributed by atoms with Gasteiger partial charge in [0.15, 0.2) is 0 Å². The first-order valence-corrected chi connectivity index (χ1v) is 10.4. The molecule has 3 atom stereocenters. The Kier molecular flexibility index (Phi) is 5.66. The van der Waals surface area contributed by atoms with Crippen LogP contribution in [-0.2, 0) is 6.54 Å². The van der Waals surface area contributed by atoms with E-state index in [1.165, 1.54) is 23.7 Å². The Morgan fingerprint density at radius 2 is 2.07 bits per heavy atom. The second-order valence-corrected chi connectivity index (χ2v) is 8.21. The molecule has 0 amide bonds. The van der Waals surface area contributed by atoms with Crippen molar-refractivity contribution >= 4 is 16.6 Å². The Morgan fingerprint density at radius 1 is 1.29 bits per heavy atom. The highest BCUT2D eigenvalue weighted by Gasteiger charge is 2.25. The van der Waals surface area contributed by atoms with Gasteiger partial charge in [0.05, 0.1) is 36.0 Å². The average molecular weight is 386 g/mol. The minimum Gasteiger partial charge on any atom is -0.392 e. The van der Waals surface area contributed by atoms with E-state index in [4.69, 9.17) is 0 Å². The van der Waals surface area contributed by atoms with Gasteiger partial charge in [-0.2, -0.15) is 0 Å². The number of fused-ring (bicyclic) bond motifs is 1. The Balaban J connectivity index is 1.57. The van der Waals surface area contributed by atoms with Crippen molar-refractivity contribution in [3.8, 4) is 0 Å². The zero-order chi connectivity index (χ0) is 19.7. The maximum Gasteiger partial charge on any atom is 0.261 e. The molecule has 152 valence electrons. The van der Waals surface area contributed by atoms with Gasteiger partial charge in [0.25, 0.3) is 5.56 Å². The number of aryl methyl sites for hydroxylation is 1. The van der Waals surface area contributed by atoms with Crippen LogP contribution in [0.25, 0.3) is 10.9 Å². The van der Waals surface area contributed by atoms with Crippen LogP contribution in [0.4, 0.5) is 5.69 Å². The first-order valence-electron chi connectivity index (χ1n) is 10.4. The molecule has 0 saturated carbocycles. The molecule has 2 aliphatic heterocycles. The minimum atomic E-state index is -0.718. The van der Waals surface area contributed by atoms with Crippen molar-refractivity contribution < 1.29 is 10.2 Å². The van der Waals surface area contributed by atoms with Gasteiger partial charge in [-0.05, 0) is 63.3 Å². The van der Waals surface area contributed by atoms with Gasteiger partial charge in [0, 0.05) is 24.8 Å². The topological polar surface area (TPSA) is 90.6 Å². The Hall–Kier alpha value is -1.96. The van der Waals surface area contributed by atoms with E-state index in [1.807, 2.05) is 13.0 Å². The van der Waals surface area contributed by atoms with Gasteiger partial charge in [0.2, 0.25) is 0 Å². The molecule has 28 heavy (non-hydrogen) atoms. The van der Waals surface area contributed by atoms with E-state index in [0.717, 1.165) is 49.2 Å². The fourth-order valence-corrected chi connectivity index (χ4v) is 4.49. The zero-order valence-electron chi connectivity index (χ0n) is 16.5. The summed E-state index contributed by atoms with van der Waals surface area (Å²) >= 11 is 0. The smallest absolute Gasteiger partial charge is 0.261 e. The molecule has 2 aliphatic rings. The average Bonchev–Trinajstić information content (AvgIpc) is 3.21. The normalized spacial score (nSPS) is 24.0. The number of aliphatic hydroxyl groups excluding tert-OH is 2. The van der Waals surface area contributed by atoms with Gasteiger partial charge in [-0.25, -0.2) is 4.98 Å². The molecule has 0 spiro atoms. The third-order valence-corrected chi connectivity index (χ3v) is 6.06. The molecule has 4 rings (SSSR count). The molecule has 7 heteroatoms. The summed E-state index contributed by atoms with van der Waals surface area (Å²) in [6.45, 7) is 5.07. The van der Waals surface area contributed by atoms with Crippen molar-refractivity contribution in [3.63, 3.8) is 0 Å². The summed E-state index contributed by atoms with van der Waals surface area (Å²) in [6, 6.07) is 3.92. The quantitative estimate of drug-likeness (QED) is 0.715. The summed E-state index contributed by atoms with van der Waals surface area (Å²) in [4.78, 5) is 19.9. The Morgan fingerprint density at radius 3 is 2.82 bits per heavy atom. The zero-order valence-corrected chi connectivity index (χ0v) is 16.5. The number of nitrogens with one attached hydrogen (secondary N) is 1. The maximum atomic E-state index is 13.1. The lowest BCUT2D eigenvalue weighted by Gasteiger charge is -2.30. The van der Waals surface area contributed by atoms with Gasteiger partial charge in [-0.3, -0.25) is 9.36 Å².